The molecule has 2 aromatic heterocycles. The van der Waals surface area contributed by atoms with Crippen LogP contribution in [0, 0.1) is 10.1 Å². The van der Waals surface area contributed by atoms with Crippen LogP contribution in [0.1, 0.15) is 18.4 Å². The van der Waals surface area contributed by atoms with Crippen molar-refractivity contribution >= 4 is 39.0 Å². The highest BCUT2D eigenvalue weighted by Gasteiger charge is 2.27. The number of nitrogens with zero attached hydrogens (tertiary/aromatic N) is 3. The lowest BCUT2D eigenvalue weighted by Crippen LogP contribution is -1.98. The van der Waals surface area contributed by atoms with Gasteiger partial charge in [0.15, 0.2) is 0 Å². The number of aryl methyl sites for hydroxylation is 2. The fourth-order valence-electron chi connectivity index (χ4n) is 4.96. The molecule has 0 bridgehead atoms. The minimum atomic E-state index is -0.354. The molecular formula is C28H22BrN3O2S. The maximum atomic E-state index is 11.2. The molecule has 0 spiro atoms. The molecule has 35 heavy (non-hydrogen) atoms. The van der Waals surface area contributed by atoms with Crippen molar-refractivity contribution in [2.24, 2.45) is 0 Å². The molecule has 0 fully saturated rings. The molecule has 0 amide bonds. The van der Waals surface area contributed by atoms with Crippen LogP contribution >= 0.6 is 27.7 Å². The predicted molar refractivity (Wildman–Crippen MR) is 144 cm³/mol. The zero-order valence-electron chi connectivity index (χ0n) is 18.9. The van der Waals surface area contributed by atoms with Crippen LogP contribution in [0.4, 0.5) is 5.69 Å². The van der Waals surface area contributed by atoms with E-state index in [2.05, 4.69) is 85.7 Å². The van der Waals surface area contributed by atoms with Crippen molar-refractivity contribution in [3.8, 4) is 22.4 Å². The van der Waals surface area contributed by atoms with Crippen molar-refractivity contribution in [2.45, 2.75) is 35.7 Å². The summed E-state index contributed by atoms with van der Waals surface area (Å²) < 4.78 is 5.86. The minimum absolute atomic E-state index is 0.107. The molecule has 0 N–H and O–H groups in total. The lowest BCUT2D eigenvalue weighted by Gasteiger charge is -2.10. The second-order valence-corrected chi connectivity index (χ2v) is 10.7. The van der Waals surface area contributed by atoms with Gasteiger partial charge in [-0.15, -0.1) is 0 Å². The Morgan fingerprint density at radius 2 is 1.63 bits per heavy atom. The summed E-state index contributed by atoms with van der Waals surface area (Å²) >= 11 is 5.24. The Kier molecular flexibility index (Phi) is 5.74. The van der Waals surface area contributed by atoms with E-state index in [4.69, 9.17) is 0 Å². The lowest BCUT2D eigenvalue weighted by molar-refractivity contribution is -0.384. The summed E-state index contributed by atoms with van der Waals surface area (Å²) in [7, 11) is 0. The zero-order valence-corrected chi connectivity index (χ0v) is 21.3. The van der Waals surface area contributed by atoms with Crippen LogP contribution in [-0.2, 0) is 13.0 Å². The third kappa shape index (κ3) is 3.98. The first-order valence-electron chi connectivity index (χ1n) is 11.6. The molecule has 0 unspecified atom stereocenters. The van der Waals surface area contributed by atoms with E-state index < -0.39 is 0 Å². The summed E-state index contributed by atoms with van der Waals surface area (Å²) in [5.41, 5.74) is 7.60. The summed E-state index contributed by atoms with van der Waals surface area (Å²) in [5, 5.41) is 12.3. The molecule has 0 saturated carbocycles. The molecule has 7 heteroatoms. The van der Waals surface area contributed by atoms with Crippen molar-refractivity contribution in [2.75, 3.05) is 0 Å². The number of rotatable bonds is 5. The Morgan fingerprint density at radius 1 is 0.886 bits per heavy atom. The Balaban J connectivity index is 1.59. The van der Waals surface area contributed by atoms with E-state index in [1.807, 2.05) is 12.1 Å². The first-order chi connectivity index (χ1) is 17.1. The third-order valence-electron chi connectivity index (χ3n) is 6.55. The number of non-ortho nitro benzene ring substituents is 1. The number of nitro groups is 1. The van der Waals surface area contributed by atoms with Crippen LogP contribution in [0.25, 0.3) is 28.0 Å². The fourth-order valence-corrected chi connectivity index (χ4v) is 6.30. The summed E-state index contributed by atoms with van der Waals surface area (Å²) in [6.07, 6.45) is 5.56. The quantitative estimate of drug-likeness (QED) is 0.165. The Labute approximate surface area is 215 Å². The van der Waals surface area contributed by atoms with Gasteiger partial charge in [0.05, 0.1) is 15.6 Å². The number of hydrogen-bond acceptors (Lipinski definition) is 3. The van der Waals surface area contributed by atoms with Crippen LogP contribution in [-0.4, -0.2) is 13.9 Å². The largest absolute Gasteiger partial charge is 0.325 e. The van der Waals surface area contributed by atoms with Crippen molar-refractivity contribution < 1.29 is 4.92 Å². The molecule has 5 nitrogen and oxygen atoms in total. The van der Waals surface area contributed by atoms with Crippen LogP contribution in [0.3, 0.4) is 0 Å². The number of benzene rings is 3. The molecule has 0 atom stereocenters. The minimum Gasteiger partial charge on any atom is -0.325 e. The van der Waals surface area contributed by atoms with Gasteiger partial charge in [-0.1, -0.05) is 70.2 Å². The number of aromatic nitrogens is 2. The molecule has 0 radical (unpaired) electrons. The van der Waals surface area contributed by atoms with Crippen molar-refractivity contribution in [1.82, 2.24) is 8.97 Å². The van der Waals surface area contributed by atoms with E-state index in [0.29, 0.717) is 0 Å². The summed E-state index contributed by atoms with van der Waals surface area (Å²) in [5.74, 6) is 0. The number of halogens is 1. The molecule has 1 aliphatic heterocycles. The highest BCUT2D eigenvalue weighted by molar-refractivity contribution is 9.10. The van der Waals surface area contributed by atoms with Gasteiger partial charge in [0.1, 0.15) is 5.65 Å². The van der Waals surface area contributed by atoms with E-state index in [1.165, 1.54) is 33.6 Å². The predicted octanol–water partition coefficient (Wildman–Crippen LogP) is 8.23. The maximum absolute atomic E-state index is 11.2. The van der Waals surface area contributed by atoms with Gasteiger partial charge in [-0.05, 0) is 54.7 Å². The first kappa shape index (κ1) is 22.2. The molecule has 1 aliphatic rings. The average Bonchev–Trinajstić information content (AvgIpc) is 3.29. The SMILES string of the molecule is O=[N+]([O-])c1ccc(Sc2c(-c3ccc(Br)cc3)c3c4n(c(-c5ccccc5)cn24)CCCC3)cc1. The van der Waals surface area contributed by atoms with Gasteiger partial charge < -0.3 is 4.57 Å². The van der Waals surface area contributed by atoms with Crippen molar-refractivity contribution in [3.05, 3.63) is 105 Å². The van der Waals surface area contributed by atoms with Gasteiger partial charge in [0.25, 0.3) is 5.69 Å². The topological polar surface area (TPSA) is 52.5 Å². The van der Waals surface area contributed by atoms with E-state index in [1.54, 1.807) is 23.9 Å². The number of imidazole rings is 1. The zero-order chi connectivity index (χ0) is 23.9. The number of hydrogen-bond donors (Lipinski definition) is 0. The average molecular weight is 544 g/mol. The number of nitro benzene ring substituents is 1. The molecular weight excluding hydrogens is 522 g/mol. The standard InChI is InChI=1S/C28H22BrN3O2S/c29-21-11-9-20(10-12-21)26-24-8-4-5-17-30-25(19-6-2-1-3-7-19)18-31(27(24)30)28(26)35-23-15-13-22(14-16-23)32(33)34/h1-3,6-7,9-16,18H,4-5,8,17H2. The normalized spacial score (nSPS) is 13.2. The summed E-state index contributed by atoms with van der Waals surface area (Å²) in [4.78, 5) is 11.8. The van der Waals surface area contributed by atoms with Crippen molar-refractivity contribution in [3.63, 3.8) is 0 Å². The molecule has 3 heterocycles. The second kappa shape index (κ2) is 9.06. The Bertz CT molecular complexity index is 1540. The third-order valence-corrected chi connectivity index (χ3v) is 8.18. The summed E-state index contributed by atoms with van der Waals surface area (Å²) in [6, 6.07) is 25.9. The highest BCUT2D eigenvalue weighted by atomic mass is 79.9. The molecule has 174 valence electrons. The van der Waals surface area contributed by atoms with Gasteiger partial charge in [0, 0.05) is 45.4 Å². The molecule has 0 saturated heterocycles. The van der Waals surface area contributed by atoms with Gasteiger partial charge in [-0.25, -0.2) is 0 Å². The van der Waals surface area contributed by atoms with Gasteiger partial charge in [0.2, 0.25) is 0 Å². The monoisotopic (exact) mass is 543 g/mol. The van der Waals surface area contributed by atoms with Crippen LogP contribution in [0.2, 0.25) is 0 Å². The van der Waals surface area contributed by atoms with Crippen LogP contribution < -0.4 is 0 Å². The van der Waals surface area contributed by atoms with E-state index in [9.17, 15) is 10.1 Å². The first-order valence-corrected chi connectivity index (χ1v) is 13.2. The smallest absolute Gasteiger partial charge is 0.269 e. The molecule has 5 aromatic rings. The van der Waals surface area contributed by atoms with Gasteiger partial charge in [-0.3, -0.25) is 14.5 Å². The Morgan fingerprint density at radius 3 is 2.34 bits per heavy atom. The van der Waals surface area contributed by atoms with Gasteiger partial charge in [-0.2, -0.15) is 0 Å². The van der Waals surface area contributed by atoms with E-state index in [0.717, 1.165) is 40.2 Å². The van der Waals surface area contributed by atoms with Crippen LogP contribution in [0.5, 0.6) is 0 Å². The fraction of sp³-hybridized carbons (Fsp3) is 0.143. The second-order valence-electron chi connectivity index (χ2n) is 8.70. The van der Waals surface area contributed by atoms with E-state index >= 15 is 0 Å². The summed E-state index contributed by atoms with van der Waals surface area (Å²) in [6.45, 7) is 0.985. The van der Waals surface area contributed by atoms with E-state index in [-0.39, 0.29) is 10.6 Å². The highest BCUT2D eigenvalue weighted by Crippen LogP contribution is 2.45. The Hall–Kier alpha value is -3.29. The van der Waals surface area contributed by atoms with Gasteiger partial charge >= 0.3 is 0 Å². The lowest BCUT2D eigenvalue weighted by atomic mass is 10.0. The maximum Gasteiger partial charge on any atom is 0.269 e. The van der Waals surface area contributed by atoms with Crippen LogP contribution in [0.15, 0.2) is 99.5 Å². The molecule has 3 aromatic carbocycles. The van der Waals surface area contributed by atoms with Crippen molar-refractivity contribution in [1.29, 1.82) is 0 Å². The molecule has 0 aliphatic carbocycles. The molecule has 6 rings (SSSR count).